The summed E-state index contributed by atoms with van der Waals surface area (Å²) in [6.45, 7) is 19.4. The fourth-order valence-corrected chi connectivity index (χ4v) is 12.3. The van der Waals surface area contributed by atoms with Gasteiger partial charge in [0.2, 0.25) is 0 Å². The van der Waals surface area contributed by atoms with Crippen LogP contribution in [0.25, 0.3) is 0 Å². The van der Waals surface area contributed by atoms with E-state index in [1.165, 1.54) is 138 Å². The Morgan fingerprint density at radius 2 is 0.608 bits per heavy atom. The van der Waals surface area contributed by atoms with Gasteiger partial charge in [0.15, 0.2) is 0 Å². The molecule has 2 unspecified atom stereocenters. The second-order valence-corrected chi connectivity index (χ2v) is 28.4. The Bertz CT molecular complexity index is 686. The molecule has 0 aromatic heterocycles. The number of hydrogen-bond donors (Lipinski definition) is 0. The molecule has 0 saturated carbocycles. The summed E-state index contributed by atoms with van der Waals surface area (Å²) >= 11 is 13.0. The van der Waals surface area contributed by atoms with E-state index in [0.717, 1.165) is 73.7 Å². The monoisotopic (exact) mass is 882 g/mol. The van der Waals surface area contributed by atoms with Gasteiger partial charge in [0.05, 0.1) is 13.2 Å². The summed E-state index contributed by atoms with van der Waals surface area (Å²) in [5.74, 6) is 5.01. The van der Waals surface area contributed by atoms with Gasteiger partial charge in [-0.2, -0.15) is 0 Å². The average Bonchev–Trinajstić information content (AvgIpc) is 3.02. The van der Waals surface area contributed by atoms with Crippen molar-refractivity contribution < 1.29 is 38.3 Å². The maximum atomic E-state index is 12.2. The van der Waals surface area contributed by atoms with Crippen molar-refractivity contribution in [3.8, 4) is 0 Å². The van der Waals surface area contributed by atoms with Gasteiger partial charge in [-0.15, -0.1) is 22.8 Å². The van der Waals surface area contributed by atoms with E-state index in [4.69, 9.17) is 32.7 Å². The normalized spacial score (nSPS) is 14.1. The van der Waals surface area contributed by atoms with E-state index in [1.807, 2.05) is 0 Å². The SMILES string of the molecule is CC(C)CCCCCCCOP([O-])(=S)SCCCCCCCC(C)C.CC(C)CCCCCCCOP([O-])(=S)SCCCCCCCC(C)C.[Zn+2]. The van der Waals surface area contributed by atoms with Crippen LogP contribution in [0.3, 0.4) is 0 Å². The fourth-order valence-electron chi connectivity index (χ4n) is 5.52. The minimum absolute atomic E-state index is 0. The molecule has 0 N–H and O–H groups in total. The third-order valence-corrected chi connectivity index (χ3v) is 17.4. The molecule has 2 atom stereocenters. The van der Waals surface area contributed by atoms with E-state index >= 15 is 0 Å². The summed E-state index contributed by atoms with van der Waals surface area (Å²) in [6, 6.07) is 0. The van der Waals surface area contributed by atoms with Crippen molar-refractivity contribution in [2.75, 3.05) is 24.7 Å². The van der Waals surface area contributed by atoms with Crippen LogP contribution in [0.15, 0.2) is 0 Å². The van der Waals surface area contributed by atoms with Crippen molar-refractivity contribution in [1.82, 2.24) is 0 Å². The minimum Gasteiger partial charge on any atom is -0.793 e. The van der Waals surface area contributed by atoms with E-state index in [2.05, 4.69) is 55.4 Å². The van der Waals surface area contributed by atoms with E-state index in [0.29, 0.717) is 13.2 Å². The van der Waals surface area contributed by atoms with Crippen LogP contribution in [0.5, 0.6) is 0 Å². The summed E-state index contributed by atoms with van der Waals surface area (Å²) in [5, 5.41) is 0. The van der Waals surface area contributed by atoms with E-state index in [9.17, 15) is 9.79 Å². The Balaban J connectivity index is -0.000000886. The van der Waals surface area contributed by atoms with Crippen molar-refractivity contribution >= 4 is 57.8 Å². The molecule has 0 radical (unpaired) electrons. The molecule has 0 aromatic carbocycles. The first-order valence-electron chi connectivity index (χ1n) is 20.9. The molecule has 11 heteroatoms. The maximum Gasteiger partial charge on any atom is 2.00 e. The van der Waals surface area contributed by atoms with Gasteiger partial charge in [0.1, 0.15) is 0 Å². The third kappa shape index (κ3) is 52.5. The third-order valence-electron chi connectivity index (χ3n) is 8.70. The molecular formula is C40H84O4P2S4Zn. The van der Waals surface area contributed by atoms with Gasteiger partial charge in [-0.3, -0.25) is 0 Å². The summed E-state index contributed by atoms with van der Waals surface area (Å²) in [5.41, 5.74) is -5.68. The van der Waals surface area contributed by atoms with Gasteiger partial charge >= 0.3 is 19.5 Å². The van der Waals surface area contributed by atoms with Crippen molar-refractivity contribution in [3.63, 3.8) is 0 Å². The quantitative estimate of drug-likeness (QED) is 0.0350. The zero-order valence-corrected chi connectivity index (χ0v) is 43.0. The Labute approximate surface area is 351 Å². The minimum atomic E-state index is -2.84. The van der Waals surface area contributed by atoms with Gasteiger partial charge in [-0.25, -0.2) is 0 Å². The molecule has 0 heterocycles. The largest absolute Gasteiger partial charge is 2.00 e. The Morgan fingerprint density at radius 3 is 0.863 bits per heavy atom. The molecule has 304 valence electrons. The molecule has 0 bridgehead atoms. The molecule has 0 spiro atoms. The van der Waals surface area contributed by atoms with E-state index in [-0.39, 0.29) is 19.5 Å². The van der Waals surface area contributed by atoms with E-state index in [1.54, 1.807) is 0 Å². The van der Waals surface area contributed by atoms with E-state index < -0.39 is 11.4 Å². The van der Waals surface area contributed by atoms with Crippen LogP contribution in [-0.4, -0.2) is 24.7 Å². The van der Waals surface area contributed by atoms with Crippen LogP contribution in [0.1, 0.15) is 209 Å². The molecule has 0 aromatic rings. The number of unbranched alkanes of at least 4 members (excludes halogenated alkanes) is 16. The first kappa shape index (κ1) is 57.8. The van der Waals surface area contributed by atoms with Gasteiger partial charge < -0.3 is 18.8 Å². The smallest absolute Gasteiger partial charge is 0.793 e. The van der Waals surface area contributed by atoms with Gasteiger partial charge in [0.25, 0.3) is 0 Å². The van der Waals surface area contributed by atoms with Crippen LogP contribution in [0.2, 0.25) is 0 Å². The first-order chi connectivity index (χ1) is 23.7. The number of hydrogen-bond acceptors (Lipinski definition) is 8. The van der Waals surface area contributed by atoms with Crippen LogP contribution >= 0.6 is 34.2 Å². The maximum absolute atomic E-state index is 12.2. The molecule has 51 heavy (non-hydrogen) atoms. The standard InChI is InChI=1S/2C20H43O2PS2.Zn/c2*1-19(2)15-11-7-5-9-13-17-22-23(21,24)25-18-14-10-6-8-12-16-20(3)4;/h2*19-20H,5-18H2,1-4H3,(H,21,24);/q;;+2/p-2. The first-order valence-corrected chi connectivity index (χ1v) is 29.3. The predicted octanol–water partition coefficient (Wildman–Crippen LogP) is 14.6. The zero-order valence-electron chi connectivity index (χ0n) is 35.0. The Hall–Kier alpha value is 2.46. The molecule has 0 saturated heterocycles. The van der Waals surface area contributed by atoms with Gasteiger partial charge in [-0.1, -0.05) is 207 Å². The Kier molecular flexibility index (Phi) is 46.1. The molecular weight excluding hydrogens is 800 g/mol. The molecule has 4 nitrogen and oxygen atoms in total. The molecule has 0 aliphatic rings. The molecule has 0 amide bonds. The second kappa shape index (κ2) is 40.7. The summed E-state index contributed by atoms with van der Waals surface area (Å²) in [6.07, 6.45) is 29.9. The van der Waals surface area contributed by atoms with Crippen LogP contribution in [-0.2, 0) is 52.1 Å². The van der Waals surface area contributed by atoms with Crippen molar-refractivity contribution in [2.24, 2.45) is 23.7 Å². The van der Waals surface area contributed by atoms with Crippen molar-refractivity contribution in [3.05, 3.63) is 0 Å². The fraction of sp³-hybridized carbons (Fsp3) is 1.00. The van der Waals surface area contributed by atoms with Gasteiger partial charge in [0, 0.05) is 11.4 Å². The van der Waals surface area contributed by atoms with Crippen LogP contribution in [0, 0.1) is 23.7 Å². The summed E-state index contributed by atoms with van der Waals surface area (Å²) in [7, 11) is 0. The predicted molar refractivity (Wildman–Crippen MR) is 236 cm³/mol. The molecule has 0 aliphatic heterocycles. The van der Waals surface area contributed by atoms with Gasteiger partial charge in [-0.05, 0) is 60.9 Å². The zero-order chi connectivity index (χ0) is 37.9. The van der Waals surface area contributed by atoms with Crippen molar-refractivity contribution in [1.29, 1.82) is 0 Å². The number of rotatable bonds is 36. The Morgan fingerprint density at radius 1 is 0.392 bits per heavy atom. The van der Waals surface area contributed by atoms with Crippen LogP contribution in [0.4, 0.5) is 0 Å². The second-order valence-electron chi connectivity index (χ2n) is 16.0. The summed E-state index contributed by atoms with van der Waals surface area (Å²) in [4.78, 5) is 24.4. The molecule has 0 rings (SSSR count). The molecule has 0 fully saturated rings. The summed E-state index contributed by atoms with van der Waals surface area (Å²) < 4.78 is 11.0. The van der Waals surface area contributed by atoms with Crippen molar-refractivity contribution in [2.45, 2.75) is 209 Å². The molecule has 0 aliphatic carbocycles. The van der Waals surface area contributed by atoms with Crippen LogP contribution < -0.4 is 9.79 Å². The average molecular weight is 885 g/mol. The topological polar surface area (TPSA) is 64.6 Å².